The van der Waals surface area contributed by atoms with Gasteiger partial charge < -0.3 is 0 Å². The van der Waals surface area contributed by atoms with E-state index in [4.69, 9.17) is 11.6 Å². The van der Waals surface area contributed by atoms with Crippen LogP contribution >= 0.6 is 22.9 Å². The zero-order valence-electron chi connectivity index (χ0n) is 10.4. The molecule has 0 bridgehead atoms. The van der Waals surface area contributed by atoms with E-state index >= 15 is 0 Å². The third-order valence-corrected chi connectivity index (χ3v) is 4.34. The lowest BCUT2D eigenvalue weighted by Gasteiger charge is -2.03. The Balaban J connectivity index is 1.95. The summed E-state index contributed by atoms with van der Waals surface area (Å²) in [4.78, 5) is 12.3. The number of hydrogen-bond donors (Lipinski definition) is 0. The quantitative estimate of drug-likeness (QED) is 0.614. The van der Waals surface area contributed by atoms with E-state index in [9.17, 15) is 9.18 Å². The van der Waals surface area contributed by atoms with Gasteiger partial charge >= 0.3 is 0 Å². The summed E-state index contributed by atoms with van der Waals surface area (Å²) < 4.78 is 14.7. The maximum atomic E-state index is 13.7. The molecule has 3 aromatic rings. The summed E-state index contributed by atoms with van der Waals surface area (Å²) in [5.41, 5.74) is 0.975. The number of fused-ring (bicyclic) bond motifs is 1. The normalized spacial score (nSPS) is 10.9. The van der Waals surface area contributed by atoms with Gasteiger partial charge in [-0.15, -0.1) is 11.3 Å². The maximum absolute atomic E-state index is 13.7. The van der Waals surface area contributed by atoms with Gasteiger partial charge in [0.25, 0.3) is 0 Å². The van der Waals surface area contributed by atoms with Crippen LogP contribution in [0.25, 0.3) is 10.1 Å². The molecule has 0 aliphatic heterocycles. The van der Waals surface area contributed by atoms with Gasteiger partial charge in [-0.1, -0.05) is 29.8 Å². The van der Waals surface area contributed by atoms with E-state index in [1.54, 1.807) is 0 Å². The van der Waals surface area contributed by atoms with Crippen LogP contribution in [0.15, 0.2) is 47.8 Å². The first-order valence-corrected chi connectivity index (χ1v) is 7.34. The summed E-state index contributed by atoms with van der Waals surface area (Å²) in [5.74, 6) is -0.495. The Labute approximate surface area is 124 Å². The SMILES string of the molecule is O=C(Cc1cc(Cl)ccc1F)c1csc2ccccc12. The van der Waals surface area contributed by atoms with Gasteiger partial charge in [0.15, 0.2) is 5.78 Å². The van der Waals surface area contributed by atoms with Crippen LogP contribution in [-0.4, -0.2) is 5.78 Å². The lowest BCUT2D eigenvalue weighted by Crippen LogP contribution is -2.04. The van der Waals surface area contributed by atoms with Crippen LogP contribution in [0.5, 0.6) is 0 Å². The van der Waals surface area contributed by atoms with E-state index < -0.39 is 5.82 Å². The minimum Gasteiger partial charge on any atom is -0.294 e. The molecule has 0 atom stereocenters. The van der Waals surface area contributed by atoms with Crippen LogP contribution in [-0.2, 0) is 6.42 Å². The molecule has 0 aliphatic carbocycles. The monoisotopic (exact) mass is 304 g/mol. The van der Waals surface area contributed by atoms with E-state index in [1.165, 1.54) is 29.5 Å². The highest BCUT2D eigenvalue weighted by Gasteiger charge is 2.14. The van der Waals surface area contributed by atoms with Crippen molar-refractivity contribution in [3.8, 4) is 0 Å². The Bertz CT molecular complexity index is 794. The fourth-order valence-electron chi connectivity index (χ4n) is 2.14. The van der Waals surface area contributed by atoms with Gasteiger partial charge in [-0.25, -0.2) is 4.39 Å². The van der Waals surface area contributed by atoms with Crippen LogP contribution in [0.2, 0.25) is 5.02 Å². The summed E-state index contributed by atoms with van der Waals surface area (Å²) in [6.45, 7) is 0. The molecule has 0 N–H and O–H groups in total. The van der Waals surface area contributed by atoms with E-state index in [2.05, 4.69) is 0 Å². The number of hydrogen-bond acceptors (Lipinski definition) is 2. The van der Waals surface area contributed by atoms with Gasteiger partial charge in [0.05, 0.1) is 0 Å². The molecular formula is C16H10ClFOS. The van der Waals surface area contributed by atoms with Crippen molar-refractivity contribution in [3.05, 3.63) is 69.8 Å². The highest BCUT2D eigenvalue weighted by molar-refractivity contribution is 7.17. The van der Waals surface area contributed by atoms with Gasteiger partial charge in [-0.05, 0) is 29.8 Å². The molecule has 0 spiro atoms. The van der Waals surface area contributed by atoms with Gasteiger partial charge in [0.1, 0.15) is 5.82 Å². The molecule has 1 heterocycles. The van der Waals surface area contributed by atoms with Crippen molar-refractivity contribution in [2.45, 2.75) is 6.42 Å². The number of rotatable bonds is 3. The molecule has 0 saturated heterocycles. The molecule has 0 amide bonds. The molecule has 0 saturated carbocycles. The summed E-state index contributed by atoms with van der Waals surface area (Å²) in [7, 11) is 0. The molecule has 0 aliphatic rings. The molecular weight excluding hydrogens is 295 g/mol. The predicted octanol–water partition coefficient (Wildman–Crippen LogP) is 5.12. The van der Waals surface area contributed by atoms with Gasteiger partial charge in [-0.2, -0.15) is 0 Å². The van der Waals surface area contributed by atoms with Crippen LogP contribution in [0.1, 0.15) is 15.9 Å². The van der Waals surface area contributed by atoms with E-state index in [0.29, 0.717) is 16.1 Å². The molecule has 1 aromatic heterocycles. The predicted molar refractivity (Wildman–Crippen MR) is 81.3 cm³/mol. The first-order chi connectivity index (χ1) is 9.65. The second kappa shape index (κ2) is 5.35. The van der Waals surface area contributed by atoms with Crippen LogP contribution < -0.4 is 0 Å². The van der Waals surface area contributed by atoms with Crippen molar-refractivity contribution < 1.29 is 9.18 Å². The lowest BCUT2D eigenvalue weighted by molar-refractivity contribution is 0.0994. The number of thiophene rings is 1. The smallest absolute Gasteiger partial charge is 0.168 e. The maximum Gasteiger partial charge on any atom is 0.168 e. The number of benzene rings is 2. The molecule has 0 unspecified atom stereocenters. The highest BCUT2D eigenvalue weighted by Crippen LogP contribution is 2.27. The number of ketones is 1. The molecule has 1 nitrogen and oxygen atoms in total. The zero-order chi connectivity index (χ0) is 14.1. The number of carbonyl (C=O) groups excluding carboxylic acids is 1. The second-order valence-electron chi connectivity index (χ2n) is 4.48. The Morgan fingerprint density at radius 1 is 1.20 bits per heavy atom. The molecule has 4 heteroatoms. The average Bonchev–Trinajstić information content (AvgIpc) is 2.87. The van der Waals surface area contributed by atoms with E-state index in [0.717, 1.165) is 10.1 Å². The Morgan fingerprint density at radius 3 is 2.85 bits per heavy atom. The van der Waals surface area contributed by atoms with Crippen molar-refractivity contribution in [2.24, 2.45) is 0 Å². The fourth-order valence-corrected chi connectivity index (χ4v) is 3.30. The topological polar surface area (TPSA) is 17.1 Å². The Kier molecular flexibility index (Phi) is 3.55. The fraction of sp³-hybridized carbons (Fsp3) is 0.0625. The van der Waals surface area contributed by atoms with Crippen molar-refractivity contribution in [1.29, 1.82) is 0 Å². The largest absolute Gasteiger partial charge is 0.294 e. The van der Waals surface area contributed by atoms with Gasteiger partial charge in [0.2, 0.25) is 0 Å². The van der Waals surface area contributed by atoms with Crippen molar-refractivity contribution in [2.75, 3.05) is 0 Å². The second-order valence-corrected chi connectivity index (χ2v) is 5.83. The molecule has 3 rings (SSSR count). The Morgan fingerprint density at radius 2 is 2.00 bits per heavy atom. The third-order valence-electron chi connectivity index (χ3n) is 3.14. The number of Topliss-reactive ketones (excluding diaryl/α,β-unsaturated/α-hetero) is 1. The van der Waals surface area contributed by atoms with Gasteiger partial charge in [0, 0.05) is 32.5 Å². The third kappa shape index (κ3) is 2.47. The molecule has 2 aromatic carbocycles. The van der Waals surface area contributed by atoms with Crippen molar-refractivity contribution in [3.63, 3.8) is 0 Å². The van der Waals surface area contributed by atoms with Crippen LogP contribution in [0.4, 0.5) is 4.39 Å². The minimum absolute atomic E-state index is 0.0210. The summed E-state index contributed by atoms with van der Waals surface area (Å²) >= 11 is 7.36. The summed E-state index contributed by atoms with van der Waals surface area (Å²) in [5, 5.41) is 3.18. The van der Waals surface area contributed by atoms with Crippen LogP contribution in [0, 0.1) is 5.82 Å². The van der Waals surface area contributed by atoms with E-state index in [1.807, 2.05) is 29.6 Å². The van der Waals surface area contributed by atoms with Gasteiger partial charge in [-0.3, -0.25) is 4.79 Å². The highest BCUT2D eigenvalue weighted by atomic mass is 35.5. The minimum atomic E-state index is -0.401. The lowest BCUT2D eigenvalue weighted by atomic mass is 10.0. The first-order valence-electron chi connectivity index (χ1n) is 6.08. The molecule has 0 fully saturated rings. The molecule has 100 valence electrons. The van der Waals surface area contributed by atoms with Crippen LogP contribution in [0.3, 0.4) is 0 Å². The summed E-state index contributed by atoms with van der Waals surface area (Å²) in [6.07, 6.45) is 0.0210. The average molecular weight is 305 g/mol. The first kappa shape index (κ1) is 13.3. The molecule has 0 radical (unpaired) electrons. The summed E-state index contributed by atoms with van der Waals surface area (Å²) in [6, 6.07) is 12.0. The standard InChI is InChI=1S/C16H10ClFOS/c17-11-5-6-14(18)10(7-11)8-15(19)13-9-20-16-4-2-1-3-12(13)16/h1-7,9H,8H2. The Hall–Kier alpha value is -1.71. The number of halogens is 2. The number of carbonyl (C=O) groups is 1. The zero-order valence-corrected chi connectivity index (χ0v) is 12.0. The van der Waals surface area contributed by atoms with E-state index in [-0.39, 0.29) is 12.2 Å². The molecule has 20 heavy (non-hydrogen) atoms. The van der Waals surface area contributed by atoms with Crippen molar-refractivity contribution in [1.82, 2.24) is 0 Å². The van der Waals surface area contributed by atoms with Crippen molar-refractivity contribution >= 4 is 38.8 Å².